The summed E-state index contributed by atoms with van der Waals surface area (Å²) in [5.41, 5.74) is 7.27. The molecule has 1 aromatic rings. The van der Waals surface area contributed by atoms with Crippen molar-refractivity contribution in [2.24, 2.45) is 5.73 Å². The normalized spacial score (nSPS) is 10.1. The number of halogens is 1. The standard InChI is InChI=1S/C9H12FN/c1-7-4-8(2-3-11)6-9(10)5-7/h4-6H,2-3,11H2,1H3. The second-order valence-corrected chi connectivity index (χ2v) is 2.68. The summed E-state index contributed by atoms with van der Waals surface area (Å²) in [6, 6.07) is 5.00. The summed E-state index contributed by atoms with van der Waals surface area (Å²) in [6.45, 7) is 2.45. The highest BCUT2D eigenvalue weighted by atomic mass is 19.1. The van der Waals surface area contributed by atoms with Crippen LogP contribution in [0.25, 0.3) is 0 Å². The lowest BCUT2D eigenvalue weighted by Crippen LogP contribution is -2.03. The molecule has 0 heterocycles. The highest BCUT2D eigenvalue weighted by Gasteiger charge is 1.95. The SMILES string of the molecule is Cc1cc(F)cc(CCN)c1. The van der Waals surface area contributed by atoms with Gasteiger partial charge in [-0.25, -0.2) is 4.39 Å². The Hall–Kier alpha value is -0.890. The van der Waals surface area contributed by atoms with Crippen LogP contribution in [0.1, 0.15) is 11.1 Å². The van der Waals surface area contributed by atoms with E-state index in [1.807, 2.05) is 13.0 Å². The zero-order chi connectivity index (χ0) is 8.27. The van der Waals surface area contributed by atoms with Gasteiger partial charge in [-0.05, 0) is 43.1 Å². The fraction of sp³-hybridized carbons (Fsp3) is 0.333. The Kier molecular flexibility index (Phi) is 2.60. The molecule has 0 spiro atoms. The molecule has 11 heavy (non-hydrogen) atoms. The number of nitrogens with two attached hydrogens (primary N) is 1. The maximum absolute atomic E-state index is 12.7. The summed E-state index contributed by atoms with van der Waals surface area (Å²) < 4.78 is 12.7. The van der Waals surface area contributed by atoms with Crippen molar-refractivity contribution in [2.75, 3.05) is 6.54 Å². The van der Waals surface area contributed by atoms with Crippen molar-refractivity contribution < 1.29 is 4.39 Å². The fourth-order valence-electron chi connectivity index (χ4n) is 1.12. The van der Waals surface area contributed by atoms with Crippen LogP contribution in [0.2, 0.25) is 0 Å². The summed E-state index contributed by atoms with van der Waals surface area (Å²) in [4.78, 5) is 0. The number of hydrogen-bond acceptors (Lipinski definition) is 1. The molecule has 2 heteroatoms. The van der Waals surface area contributed by atoms with Gasteiger partial charge in [0.05, 0.1) is 0 Å². The molecule has 0 saturated carbocycles. The predicted molar refractivity (Wildman–Crippen MR) is 43.9 cm³/mol. The molecule has 0 unspecified atom stereocenters. The molecule has 1 rings (SSSR count). The first-order valence-corrected chi connectivity index (χ1v) is 3.68. The molecule has 0 saturated heterocycles. The minimum absolute atomic E-state index is 0.173. The van der Waals surface area contributed by atoms with Crippen molar-refractivity contribution in [3.05, 3.63) is 35.1 Å². The molecule has 0 aliphatic carbocycles. The molecule has 60 valence electrons. The Labute approximate surface area is 66.0 Å². The largest absolute Gasteiger partial charge is 0.330 e. The van der Waals surface area contributed by atoms with Crippen LogP contribution >= 0.6 is 0 Å². The van der Waals surface area contributed by atoms with Gasteiger partial charge >= 0.3 is 0 Å². The average molecular weight is 153 g/mol. The zero-order valence-electron chi connectivity index (χ0n) is 6.60. The summed E-state index contributed by atoms with van der Waals surface area (Å²) in [5, 5.41) is 0. The lowest BCUT2D eigenvalue weighted by Gasteiger charge is -2.00. The van der Waals surface area contributed by atoms with Gasteiger partial charge in [0.25, 0.3) is 0 Å². The third kappa shape index (κ3) is 2.31. The van der Waals surface area contributed by atoms with Crippen LogP contribution in [0.4, 0.5) is 4.39 Å². The van der Waals surface area contributed by atoms with E-state index in [1.165, 1.54) is 12.1 Å². The van der Waals surface area contributed by atoms with E-state index in [-0.39, 0.29) is 5.82 Å². The van der Waals surface area contributed by atoms with Gasteiger partial charge in [-0.2, -0.15) is 0 Å². The molecular formula is C9H12FN. The highest BCUT2D eigenvalue weighted by molar-refractivity contribution is 5.23. The van der Waals surface area contributed by atoms with E-state index in [2.05, 4.69) is 0 Å². The first-order chi connectivity index (χ1) is 5.22. The molecule has 0 bridgehead atoms. The average Bonchev–Trinajstić information content (AvgIpc) is 1.85. The molecule has 0 fully saturated rings. The van der Waals surface area contributed by atoms with Gasteiger partial charge in [-0.15, -0.1) is 0 Å². The molecule has 2 N–H and O–H groups in total. The maximum atomic E-state index is 12.7. The first kappa shape index (κ1) is 8.21. The van der Waals surface area contributed by atoms with Crippen LogP contribution in [0.15, 0.2) is 18.2 Å². The molecule has 0 atom stereocenters. The molecule has 1 aromatic carbocycles. The topological polar surface area (TPSA) is 26.0 Å². The molecule has 1 nitrogen and oxygen atoms in total. The summed E-state index contributed by atoms with van der Waals surface area (Å²) in [5.74, 6) is -0.173. The zero-order valence-corrected chi connectivity index (χ0v) is 6.60. The van der Waals surface area contributed by atoms with E-state index in [9.17, 15) is 4.39 Å². The molecule has 0 radical (unpaired) electrons. The Bertz CT molecular complexity index is 225. The maximum Gasteiger partial charge on any atom is 0.123 e. The van der Waals surface area contributed by atoms with E-state index < -0.39 is 0 Å². The molecule has 0 aliphatic heterocycles. The summed E-state index contributed by atoms with van der Waals surface area (Å²) in [7, 11) is 0. The van der Waals surface area contributed by atoms with Crippen LogP contribution < -0.4 is 5.73 Å². The minimum atomic E-state index is -0.173. The van der Waals surface area contributed by atoms with Crippen LogP contribution in [0.3, 0.4) is 0 Å². The molecule has 0 aromatic heterocycles. The molecular weight excluding hydrogens is 141 g/mol. The van der Waals surface area contributed by atoms with Crippen LogP contribution in [0.5, 0.6) is 0 Å². The van der Waals surface area contributed by atoms with Crippen molar-refractivity contribution in [1.29, 1.82) is 0 Å². The van der Waals surface area contributed by atoms with Crippen molar-refractivity contribution >= 4 is 0 Å². The van der Waals surface area contributed by atoms with Gasteiger partial charge in [0, 0.05) is 0 Å². The van der Waals surface area contributed by atoms with Gasteiger partial charge in [0.15, 0.2) is 0 Å². The fourth-order valence-corrected chi connectivity index (χ4v) is 1.12. The predicted octanol–water partition coefficient (Wildman–Crippen LogP) is 1.64. The van der Waals surface area contributed by atoms with E-state index in [1.54, 1.807) is 0 Å². The molecule has 0 amide bonds. The second-order valence-electron chi connectivity index (χ2n) is 2.68. The van der Waals surface area contributed by atoms with E-state index in [0.717, 1.165) is 17.5 Å². The highest BCUT2D eigenvalue weighted by Crippen LogP contribution is 2.07. The lowest BCUT2D eigenvalue weighted by atomic mass is 10.1. The van der Waals surface area contributed by atoms with Crippen LogP contribution in [0, 0.1) is 12.7 Å². The third-order valence-electron chi connectivity index (χ3n) is 1.53. The van der Waals surface area contributed by atoms with Gasteiger partial charge in [0.2, 0.25) is 0 Å². The third-order valence-corrected chi connectivity index (χ3v) is 1.53. The van der Waals surface area contributed by atoms with Crippen molar-refractivity contribution in [3.8, 4) is 0 Å². The van der Waals surface area contributed by atoms with Crippen molar-refractivity contribution in [2.45, 2.75) is 13.3 Å². The quantitative estimate of drug-likeness (QED) is 0.686. The first-order valence-electron chi connectivity index (χ1n) is 3.68. The van der Waals surface area contributed by atoms with E-state index >= 15 is 0 Å². The van der Waals surface area contributed by atoms with E-state index in [4.69, 9.17) is 5.73 Å². The Morgan fingerprint density at radius 1 is 1.36 bits per heavy atom. The Morgan fingerprint density at radius 3 is 2.64 bits per heavy atom. The second kappa shape index (κ2) is 3.49. The smallest absolute Gasteiger partial charge is 0.123 e. The van der Waals surface area contributed by atoms with Crippen LogP contribution in [-0.4, -0.2) is 6.54 Å². The van der Waals surface area contributed by atoms with Crippen LogP contribution in [-0.2, 0) is 6.42 Å². The van der Waals surface area contributed by atoms with Crippen molar-refractivity contribution in [3.63, 3.8) is 0 Å². The number of aryl methyl sites for hydroxylation is 1. The van der Waals surface area contributed by atoms with Crippen molar-refractivity contribution in [1.82, 2.24) is 0 Å². The number of benzene rings is 1. The molecule has 0 aliphatic rings. The van der Waals surface area contributed by atoms with Gasteiger partial charge in [-0.1, -0.05) is 6.07 Å². The lowest BCUT2D eigenvalue weighted by molar-refractivity contribution is 0.624. The van der Waals surface area contributed by atoms with Gasteiger partial charge in [0.1, 0.15) is 5.82 Å². The Morgan fingerprint density at radius 2 is 2.09 bits per heavy atom. The summed E-state index contributed by atoms with van der Waals surface area (Å²) >= 11 is 0. The number of rotatable bonds is 2. The van der Waals surface area contributed by atoms with E-state index in [0.29, 0.717) is 6.54 Å². The van der Waals surface area contributed by atoms with Gasteiger partial charge < -0.3 is 5.73 Å². The monoisotopic (exact) mass is 153 g/mol. The van der Waals surface area contributed by atoms with Gasteiger partial charge in [-0.3, -0.25) is 0 Å². The number of hydrogen-bond donors (Lipinski definition) is 1. The minimum Gasteiger partial charge on any atom is -0.330 e. The summed E-state index contributed by atoms with van der Waals surface area (Å²) in [6.07, 6.45) is 0.749. The Balaban J connectivity index is 2.89.